The van der Waals surface area contributed by atoms with Crippen LogP contribution in [0.1, 0.15) is 40.0 Å². The number of ether oxygens (including phenoxy) is 1. The highest BCUT2D eigenvalue weighted by molar-refractivity contribution is 5.68. The molecule has 0 aromatic heterocycles. The van der Waals surface area contributed by atoms with Crippen LogP contribution in [0, 0.1) is 15.9 Å². The van der Waals surface area contributed by atoms with Crippen molar-refractivity contribution in [2.75, 3.05) is 31.1 Å². The number of nitrogens with one attached hydrogen (secondary N) is 1. The van der Waals surface area contributed by atoms with E-state index in [0.717, 1.165) is 12.1 Å². The number of likely N-dealkylation sites (tertiary alicyclic amines) is 1. The van der Waals surface area contributed by atoms with Gasteiger partial charge in [0.05, 0.1) is 29.3 Å². The number of alkyl carbamates (subject to hydrolysis) is 1. The predicted octanol–water partition coefficient (Wildman–Crippen LogP) is 3.94. The van der Waals surface area contributed by atoms with Crippen LogP contribution >= 0.6 is 0 Å². The summed E-state index contributed by atoms with van der Waals surface area (Å²) in [6.45, 7) is 5.68. The van der Waals surface area contributed by atoms with Crippen molar-refractivity contribution in [3.05, 3.63) is 34.1 Å². The predicted molar refractivity (Wildman–Crippen MR) is 113 cm³/mol. The van der Waals surface area contributed by atoms with E-state index in [1.165, 1.54) is 11.0 Å². The molecular weight excluding hydrogens is 429 g/mol. The third kappa shape index (κ3) is 5.81. The molecule has 2 fully saturated rings. The van der Waals surface area contributed by atoms with Crippen molar-refractivity contribution in [2.45, 2.75) is 63.6 Å². The molecule has 1 unspecified atom stereocenters. The first kappa shape index (κ1) is 24.1. The normalized spacial score (nSPS) is 22.4. The Morgan fingerprint density at radius 3 is 2.41 bits per heavy atom. The molecule has 1 aromatic carbocycles. The number of benzene rings is 1. The first-order valence-corrected chi connectivity index (χ1v) is 10.7. The molecule has 1 atom stereocenters. The number of hydrogen-bond acceptors (Lipinski definition) is 6. The summed E-state index contributed by atoms with van der Waals surface area (Å²) in [5, 5.41) is 13.6. The summed E-state index contributed by atoms with van der Waals surface area (Å²) in [5.74, 6) is -3.97. The Hall–Kier alpha value is -2.56. The van der Waals surface area contributed by atoms with Crippen molar-refractivity contribution in [3.8, 4) is 0 Å². The topological polar surface area (TPSA) is 88.0 Å². The third-order valence-corrected chi connectivity index (χ3v) is 5.74. The van der Waals surface area contributed by atoms with Gasteiger partial charge in [0.15, 0.2) is 5.82 Å². The number of non-ortho nitro benzene ring substituents is 1. The van der Waals surface area contributed by atoms with Crippen LogP contribution in [0.2, 0.25) is 0 Å². The number of nitro benzene ring substituents is 1. The Kier molecular flexibility index (Phi) is 6.87. The monoisotopic (exact) mass is 458 g/mol. The van der Waals surface area contributed by atoms with Crippen molar-refractivity contribution in [3.63, 3.8) is 0 Å². The molecule has 32 heavy (non-hydrogen) atoms. The molecule has 1 amide bonds. The Balaban J connectivity index is 1.57. The van der Waals surface area contributed by atoms with Crippen molar-refractivity contribution >= 4 is 17.5 Å². The Labute approximate surface area is 184 Å². The Morgan fingerprint density at radius 2 is 1.88 bits per heavy atom. The second kappa shape index (κ2) is 9.13. The van der Waals surface area contributed by atoms with E-state index in [-0.39, 0.29) is 24.7 Å². The largest absolute Gasteiger partial charge is 0.444 e. The van der Waals surface area contributed by atoms with Gasteiger partial charge in [-0.3, -0.25) is 15.0 Å². The maximum absolute atomic E-state index is 15.0. The lowest BCUT2D eigenvalue weighted by molar-refractivity contribution is -0.385. The molecule has 1 N–H and O–H groups in total. The van der Waals surface area contributed by atoms with E-state index < -0.39 is 46.6 Å². The van der Waals surface area contributed by atoms with Crippen LogP contribution in [-0.2, 0) is 4.74 Å². The summed E-state index contributed by atoms with van der Waals surface area (Å²) in [6, 6.07) is 1.93. The first-order chi connectivity index (χ1) is 14.9. The molecule has 0 bridgehead atoms. The highest BCUT2D eigenvalue weighted by atomic mass is 19.3. The van der Waals surface area contributed by atoms with Gasteiger partial charge in [-0.1, -0.05) is 0 Å². The van der Waals surface area contributed by atoms with E-state index in [0.29, 0.717) is 25.9 Å². The molecule has 2 heterocycles. The molecule has 11 heteroatoms. The zero-order valence-electron chi connectivity index (χ0n) is 18.4. The van der Waals surface area contributed by atoms with Crippen LogP contribution in [0.3, 0.4) is 0 Å². The molecule has 0 spiro atoms. The number of nitro groups is 1. The molecular formula is C21H29F3N4O4. The minimum atomic E-state index is -3.09. The molecule has 8 nitrogen and oxygen atoms in total. The standard InChI is InChI=1S/C21H29F3N4O4/c1-20(2,3)32-19(29)25-14-6-9-26(10-7-14)18-8-11-27(13-21(18,23)24)17-5-4-15(28(30)31)12-16(17)22/h4-5,12,14,18H,6-11,13H2,1-3H3,(H,25,29). The van der Waals surface area contributed by atoms with Gasteiger partial charge in [0, 0.05) is 31.7 Å². The molecule has 3 rings (SSSR count). The summed E-state index contributed by atoms with van der Waals surface area (Å²) < 4.78 is 49.6. The molecule has 2 saturated heterocycles. The van der Waals surface area contributed by atoms with Crippen LogP contribution < -0.4 is 10.2 Å². The van der Waals surface area contributed by atoms with Crippen molar-refractivity contribution in [1.82, 2.24) is 10.2 Å². The van der Waals surface area contributed by atoms with Gasteiger partial charge in [-0.15, -0.1) is 0 Å². The highest BCUT2D eigenvalue weighted by Crippen LogP contribution is 2.36. The van der Waals surface area contributed by atoms with E-state index in [2.05, 4.69) is 5.32 Å². The zero-order valence-corrected chi connectivity index (χ0v) is 18.4. The van der Waals surface area contributed by atoms with Gasteiger partial charge in [0.1, 0.15) is 5.60 Å². The fraction of sp³-hybridized carbons (Fsp3) is 0.667. The first-order valence-electron chi connectivity index (χ1n) is 10.7. The van der Waals surface area contributed by atoms with Gasteiger partial charge in [0.2, 0.25) is 0 Å². The van der Waals surface area contributed by atoms with Gasteiger partial charge >= 0.3 is 6.09 Å². The van der Waals surface area contributed by atoms with Gasteiger partial charge in [-0.25, -0.2) is 18.0 Å². The van der Waals surface area contributed by atoms with Crippen LogP contribution in [0.5, 0.6) is 0 Å². The van der Waals surface area contributed by atoms with E-state index >= 15 is 8.78 Å². The number of rotatable bonds is 4. The average Bonchev–Trinajstić information content (AvgIpc) is 2.66. The van der Waals surface area contributed by atoms with Gasteiger partial charge in [-0.2, -0.15) is 0 Å². The molecule has 0 radical (unpaired) electrons. The van der Waals surface area contributed by atoms with Crippen LogP contribution in [0.15, 0.2) is 18.2 Å². The number of alkyl halides is 2. The minimum Gasteiger partial charge on any atom is -0.444 e. The van der Waals surface area contributed by atoms with Crippen molar-refractivity contribution in [1.29, 1.82) is 0 Å². The number of nitrogens with zero attached hydrogens (tertiary/aromatic N) is 3. The van der Waals surface area contributed by atoms with Gasteiger partial charge < -0.3 is 15.0 Å². The van der Waals surface area contributed by atoms with Crippen LogP contribution in [0.4, 0.5) is 29.3 Å². The van der Waals surface area contributed by atoms with E-state index in [9.17, 15) is 19.3 Å². The zero-order chi connectivity index (χ0) is 23.7. The summed E-state index contributed by atoms with van der Waals surface area (Å²) >= 11 is 0. The summed E-state index contributed by atoms with van der Waals surface area (Å²) in [4.78, 5) is 25.0. The van der Waals surface area contributed by atoms with E-state index in [1.54, 1.807) is 25.7 Å². The van der Waals surface area contributed by atoms with E-state index in [1.807, 2.05) is 0 Å². The maximum Gasteiger partial charge on any atom is 0.407 e. The van der Waals surface area contributed by atoms with Gasteiger partial charge in [-0.05, 0) is 46.1 Å². The molecule has 2 aliphatic heterocycles. The molecule has 2 aliphatic rings. The maximum atomic E-state index is 15.0. The van der Waals surface area contributed by atoms with Crippen LogP contribution in [-0.4, -0.2) is 65.7 Å². The summed E-state index contributed by atoms with van der Waals surface area (Å²) in [6.07, 6.45) is 0.687. The number of hydrogen-bond donors (Lipinski definition) is 1. The number of piperidine rings is 2. The second-order valence-electron chi connectivity index (χ2n) is 9.34. The minimum absolute atomic E-state index is 0.0611. The Bertz CT molecular complexity index is 854. The lowest BCUT2D eigenvalue weighted by Gasteiger charge is -2.46. The number of carbonyl (C=O) groups excluding carboxylic acids is 1. The summed E-state index contributed by atoms with van der Waals surface area (Å²) in [7, 11) is 0. The van der Waals surface area contributed by atoms with E-state index in [4.69, 9.17) is 4.74 Å². The quantitative estimate of drug-likeness (QED) is 0.543. The SMILES string of the molecule is CC(C)(C)OC(=O)NC1CCN(C2CCN(c3ccc([N+](=O)[O-])cc3F)CC2(F)F)CC1. The number of halogens is 3. The molecule has 0 aliphatic carbocycles. The number of amides is 1. The molecule has 0 saturated carbocycles. The smallest absolute Gasteiger partial charge is 0.407 e. The molecule has 1 aromatic rings. The van der Waals surface area contributed by atoms with Gasteiger partial charge in [0.25, 0.3) is 11.6 Å². The lowest BCUT2D eigenvalue weighted by atomic mass is 9.94. The Morgan fingerprint density at radius 1 is 1.22 bits per heavy atom. The fourth-order valence-electron chi connectivity index (χ4n) is 4.28. The van der Waals surface area contributed by atoms with Crippen molar-refractivity contribution in [2.24, 2.45) is 0 Å². The second-order valence-corrected chi connectivity index (χ2v) is 9.34. The average molecular weight is 458 g/mol. The third-order valence-electron chi connectivity index (χ3n) is 5.74. The summed E-state index contributed by atoms with van der Waals surface area (Å²) in [5.41, 5.74) is -1.09. The highest BCUT2D eigenvalue weighted by Gasteiger charge is 2.48. The van der Waals surface area contributed by atoms with Crippen LogP contribution in [0.25, 0.3) is 0 Å². The number of carbonyl (C=O) groups is 1. The lowest BCUT2D eigenvalue weighted by Crippen LogP contribution is -2.60. The number of anilines is 1. The fourth-order valence-corrected chi connectivity index (χ4v) is 4.28. The molecule has 178 valence electrons. The van der Waals surface area contributed by atoms with Crippen molar-refractivity contribution < 1.29 is 27.6 Å².